The minimum atomic E-state index is -0.407. The highest BCUT2D eigenvalue weighted by Gasteiger charge is 2.17. The molecule has 0 aliphatic heterocycles. The summed E-state index contributed by atoms with van der Waals surface area (Å²) >= 11 is 0. The van der Waals surface area contributed by atoms with Gasteiger partial charge in [0.05, 0.1) is 19.2 Å². The van der Waals surface area contributed by atoms with Crippen molar-refractivity contribution < 1.29 is 9.53 Å². The zero-order chi connectivity index (χ0) is 12.4. The Bertz CT molecular complexity index is 560. The van der Waals surface area contributed by atoms with Crippen LogP contribution in [0.3, 0.4) is 0 Å². The van der Waals surface area contributed by atoms with E-state index in [0.717, 1.165) is 16.9 Å². The second-order valence-corrected chi connectivity index (χ2v) is 3.86. The van der Waals surface area contributed by atoms with Gasteiger partial charge in [0.25, 0.3) is 0 Å². The summed E-state index contributed by atoms with van der Waals surface area (Å²) < 4.78 is 6.64. The fraction of sp³-hybridized carbons (Fsp3) is 0.333. The Kier molecular flexibility index (Phi) is 3.10. The standard InChI is InChI=1S/C12H15N3O2/c1-8-4-5-15-9(6-8)11(12(16)17-3)14-10(15)7-13-2/h4-6,13H,7H2,1-3H3. The predicted octanol–water partition coefficient (Wildman–Crippen LogP) is 1.15. The van der Waals surface area contributed by atoms with Crippen LogP contribution < -0.4 is 5.32 Å². The van der Waals surface area contributed by atoms with E-state index in [2.05, 4.69) is 10.3 Å². The number of aromatic nitrogens is 2. The van der Waals surface area contributed by atoms with Crippen LogP contribution in [0.15, 0.2) is 18.3 Å². The molecule has 2 aromatic heterocycles. The molecule has 0 aromatic carbocycles. The first-order chi connectivity index (χ1) is 8.17. The molecule has 2 rings (SSSR count). The van der Waals surface area contributed by atoms with E-state index in [1.54, 1.807) is 0 Å². The molecule has 0 atom stereocenters. The van der Waals surface area contributed by atoms with Crippen molar-refractivity contribution in [1.29, 1.82) is 0 Å². The van der Waals surface area contributed by atoms with Crippen LogP contribution in [-0.2, 0) is 11.3 Å². The minimum Gasteiger partial charge on any atom is -0.464 e. The van der Waals surface area contributed by atoms with Crippen LogP contribution in [0.5, 0.6) is 0 Å². The second-order valence-electron chi connectivity index (χ2n) is 3.86. The molecule has 5 heteroatoms. The Hall–Kier alpha value is -1.88. The van der Waals surface area contributed by atoms with E-state index >= 15 is 0 Å². The molecule has 0 saturated heterocycles. The Morgan fingerprint density at radius 3 is 3.00 bits per heavy atom. The second kappa shape index (κ2) is 4.55. The topological polar surface area (TPSA) is 55.6 Å². The average Bonchev–Trinajstić information content (AvgIpc) is 2.67. The molecule has 0 amide bonds. The molecule has 0 aliphatic rings. The van der Waals surface area contributed by atoms with Crippen LogP contribution in [-0.4, -0.2) is 29.5 Å². The fourth-order valence-electron chi connectivity index (χ4n) is 1.78. The molecule has 0 unspecified atom stereocenters. The van der Waals surface area contributed by atoms with Gasteiger partial charge in [-0.3, -0.25) is 0 Å². The first kappa shape index (κ1) is 11.6. The quantitative estimate of drug-likeness (QED) is 0.808. The lowest BCUT2D eigenvalue weighted by Crippen LogP contribution is -2.09. The molecular formula is C12H15N3O2. The molecule has 90 valence electrons. The van der Waals surface area contributed by atoms with E-state index in [0.29, 0.717) is 12.2 Å². The zero-order valence-electron chi connectivity index (χ0n) is 10.2. The van der Waals surface area contributed by atoms with Gasteiger partial charge in [0.15, 0.2) is 5.69 Å². The average molecular weight is 233 g/mol. The monoisotopic (exact) mass is 233 g/mol. The molecule has 2 aromatic rings. The lowest BCUT2D eigenvalue weighted by atomic mass is 10.2. The highest BCUT2D eigenvalue weighted by molar-refractivity contribution is 5.95. The Morgan fingerprint density at radius 2 is 2.35 bits per heavy atom. The number of carbonyl (C=O) groups is 1. The lowest BCUT2D eigenvalue weighted by molar-refractivity contribution is 0.0597. The Balaban J connectivity index is 2.66. The third-order valence-electron chi connectivity index (χ3n) is 2.59. The van der Waals surface area contributed by atoms with Gasteiger partial charge < -0.3 is 14.5 Å². The van der Waals surface area contributed by atoms with E-state index in [9.17, 15) is 4.79 Å². The van der Waals surface area contributed by atoms with Crippen molar-refractivity contribution in [2.45, 2.75) is 13.5 Å². The van der Waals surface area contributed by atoms with Crippen molar-refractivity contribution in [3.63, 3.8) is 0 Å². The number of aryl methyl sites for hydroxylation is 1. The van der Waals surface area contributed by atoms with E-state index in [1.165, 1.54) is 7.11 Å². The van der Waals surface area contributed by atoms with Crippen LogP contribution in [0.2, 0.25) is 0 Å². The zero-order valence-corrected chi connectivity index (χ0v) is 10.2. The maximum absolute atomic E-state index is 11.6. The molecule has 1 N–H and O–H groups in total. The number of nitrogens with one attached hydrogen (secondary N) is 1. The molecule has 0 aliphatic carbocycles. The van der Waals surface area contributed by atoms with Gasteiger partial charge in [0.2, 0.25) is 0 Å². The number of methoxy groups -OCH3 is 1. The van der Waals surface area contributed by atoms with Crippen LogP contribution in [0.1, 0.15) is 21.9 Å². The number of ether oxygens (including phenoxy) is 1. The largest absolute Gasteiger partial charge is 0.464 e. The maximum Gasteiger partial charge on any atom is 0.358 e. The van der Waals surface area contributed by atoms with E-state index < -0.39 is 5.97 Å². The van der Waals surface area contributed by atoms with Crippen LogP contribution in [0, 0.1) is 6.92 Å². The first-order valence-corrected chi connectivity index (χ1v) is 5.38. The van der Waals surface area contributed by atoms with Crippen molar-refractivity contribution in [3.05, 3.63) is 35.4 Å². The van der Waals surface area contributed by atoms with Gasteiger partial charge in [-0.05, 0) is 31.7 Å². The van der Waals surface area contributed by atoms with Gasteiger partial charge >= 0.3 is 5.97 Å². The van der Waals surface area contributed by atoms with Crippen LogP contribution in [0.25, 0.3) is 5.52 Å². The fourth-order valence-corrected chi connectivity index (χ4v) is 1.78. The van der Waals surface area contributed by atoms with Gasteiger partial charge in [0.1, 0.15) is 5.82 Å². The maximum atomic E-state index is 11.6. The summed E-state index contributed by atoms with van der Waals surface area (Å²) in [5.74, 6) is 0.387. The Morgan fingerprint density at radius 1 is 1.59 bits per heavy atom. The number of hydrogen-bond acceptors (Lipinski definition) is 4. The van der Waals surface area contributed by atoms with Crippen molar-refractivity contribution in [2.75, 3.05) is 14.2 Å². The third-order valence-corrected chi connectivity index (χ3v) is 2.59. The summed E-state index contributed by atoms with van der Waals surface area (Å²) in [6.45, 7) is 2.58. The normalized spacial score (nSPS) is 10.8. The lowest BCUT2D eigenvalue weighted by Gasteiger charge is -2.00. The van der Waals surface area contributed by atoms with Gasteiger partial charge in [-0.25, -0.2) is 9.78 Å². The summed E-state index contributed by atoms with van der Waals surface area (Å²) in [7, 11) is 3.20. The molecule has 0 radical (unpaired) electrons. The van der Waals surface area contributed by atoms with Crippen molar-refractivity contribution in [1.82, 2.24) is 14.7 Å². The van der Waals surface area contributed by atoms with Crippen molar-refractivity contribution >= 4 is 11.5 Å². The van der Waals surface area contributed by atoms with E-state index in [4.69, 9.17) is 4.74 Å². The van der Waals surface area contributed by atoms with E-state index in [-0.39, 0.29) is 0 Å². The highest BCUT2D eigenvalue weighted by atomic mass is 16.5. The molecule has 2 heterocycles. The number of rotatable bonds is 3. The first-order valence-electron chi connectivity index (χ1n) is 5.38. The number of nitrogens with zero attached hydrogens (tertiary/aromatic N) is 2. The van der Waals surface area contributed by atoms with Gasteiger partial charge in [-0.15, -0.1) is 0 Å². The SMILES string of the molecule is CNCc1nc(C(=O)OC)c2cc(C)ccn12. The van der Waals surface area contributed by atoms with Crippen LogP contribution in [0.4, 0.5) is 0 Å². The molecular weight excluding hydrogens is 218 g/mol. The third kappa shape index (κ3) is 2.01. The highest BCUT2D eigenvalue weighted by Crippen LogP contribution is 2.16. The number of carbonyl (C=O) groups excluding carboxylic acids is 1. The molecule has 0 fully saturated rings. The van der Waals surface area contributed by atoms with Gasteiger partial charge in [-0.2, -0.15) is 0 Å². The minimum absolute atomic E-state index is 0.362. The number of pyridine rings is 1. The summed E-state index contributed by atoms with van der Waals surface area (Å²) in [5, 5.41) is 3.03. The molecule has 5 nitrogen and oxygen atoms in total. The predicted molar refractivity (Wildman–Crippen MR) is 64.0 cm³/mol. The number of fused-ring (bicyclic) bond motifs is 1. The number of esters is 1. The Labute approximate surface area is 99.4 Å². The van der Waals surface area contributed by atoms with Crippen LogP contribution >= 0.6 is 0 Å². The molecule has 17 heavy (non-hydrogen) atoms. The summed E-state index contributed by atoms with van der Waals surface area (Å²) in [5.41, 5.74) is 2.22. The summed E-state index contributed by atoms with van der Waals surface area (Å²) in [6.07, 6.45) is 1.91. The molecule has 0 saturated carbocycles. The van der Waals surface area contributed by atoms with E-state index in [1.807, 2.05) is 36.7 Å². The summed E-state index contributed by atoms with van der Waals surface area (Å²) in [6, 6.07) is 3.91. The smallest absolute Gasteiger partial charge is 0.358 e. The van der Waals surface area contributed by atoms with Gasteiger partial charge in [0, 0.05) is 6.20 Å². The van der Waals surface area contributed by atoms with Crippen molar-refractivity contribution in [2.24, 2.45) is 0 Å². The number of imidazole rings is 1. The summed E-state index contributed by atoms with van der Waals surface area (Å²) in [4.78, 5) is 16.0. The molecule has 0 spiro atoms. The number of hydrogen-bond donors (Lipinski definition) is 1. The van der Waals surface area contributed by atoms with Gasteiger partial charge in [-0.1, -0.05) is 0 Å². The molecule has 0 bridgehead atoms. The van der Waals surface area contributed by atoms with Crippen molar-refractivity contribution in [3.8, 4) is 0 Å².